The van der Waals surface area contributed by atoms with Gasteiger partial charge in [0, 0.05) is 43.8 Å². The number of benzene rings is 11. The van der Waals surface area contributed by atoms with Crippen LogP contribution in [0.2, 0.25) is 0 Å². The first-order valence-corrected chi connectivity index (χ1v) is 26.1. The Morgan fingerprint density at radius 1 is 0.457 bits per heavy atom. The lowest BCUT2D eigenvalue weighted by molar-refractivity contribution is 0.669. The minimum absolute atomic E-state index is 0.707. The quantitative estimate of drug-likeness (QED) is 0.138. The van der Waals surface area contributed by atoms with Crippen molar-refractivity contribution in [3.63, 3.8) is 0 Å². The van der Waals surface area contributed by atoms with E-state index in [1.54, 1.807) is 0 Å². The number of hydrogen-bond acceptors (Lipinski definition) is 3. The maximum atomic E-state index is 7.48. The number of anilines is 2. The minimum atomic E-state index is -2.98. The van der Waals surface area contributed by atoms with Gasteiger partial charge in [-0.2, -0.15) is 0 Å². The van der Waals surface area contributed by atoms with Crippen LogP contribution >= 0.6 is 0 Å². The van der Waals surface area contributed by atoms with Crippen LogP contribution in [0.1, 0.15) is 6.92 Å². The number of nitrogens with two attached hydrogens (primary N) is 1. The fourth-order valence-electron chi connectivity index (χ4n) is 11.9. The molecule has 1 aliphatic rings. The van der Waals surface area contributed by atoms with E-state index >= 15 is 0 Å². The van der Waals surface area contributed by atoms with E-state index in [1.165, 1.54) is 80.6 Å². The molecule has 0 atom stereocenters. The molecule has 1 aliphatic heterocycles. The smallest absolute Gasteiger partial charge is 0.184 e. The van der Waals surface area contributed by atoms with Crippen LogP contribution in [0.3, 0.4) is 0 Å². The van der Waals surface area contributed by atoms with Crippen molar-refractivity contribution in [2.24, 2.45) is 5.73 Å². The average molecular weight is 912 g/mol. The average Bonchev–Trinajstić information content (AvgIpc) is 3.98. The van der Waals surface area contributed by atoms with Gasteiger partial charge in [0.1, 0.15) is 17.0 Å². The van der Waals surface area contributed by atoms with Crippen molar-refractivity contribution in [2.45, 2.75) is 6.92 Å². The van der Waals surface area contributed by atoms with Crippen molar-refractivity contribution in [3.05, 3.63) is 247 Å². The highest BCUT2D eigenvalue weighted by Crippen LogP contribution is 2.40. The Kier molecular flexibility index (Phi) is 8.94. The van der Waals surface area contributed by atoms with Crippen LogP contribution in [0.25, 0.3) is 94.0 Å². The molecule has 14 rings (SSSR count). The summed E-state index contributed by atoms with van der Waals surface area (Å²) in [7, 11) is -2.98. The predicted molar refractivity (Wildman–Crippen MR) is 298 cm³/mol. The van der Waals surface area contributed by atoms with E-state index in [0.717, 1.165) is 44.1 Å². The molecule has 13 aromatic rings. The van der Waals surface area contributed by atoms with Crippen molar-refractivity contribution in [1.82, 2.24) is 4.57 Å². The fourth-order valence-corrected chi connectivity index (χ4v) is 17.0. The summed E-state index contributed by atoms with van der Waals surface area (Å²) >= 11 is 0. The van der Waals surface area contributed by atoms with Crippen LogP contribution in [-0.4, -0.2) is 12.6 Å². The molecule has 0 unspecified atom stereocenters. The third-order valence-corrected chi connectivity index (χ3v) is 19.8. The lowest BCUT2D eigenvalue weighted by atomic mass is 9.99. The molecule has 2 aromatic heterocycles. The summed E-state index contributed by atoms with van der Waals surface area (Å²) < 4.78 is 8.70. The first-order chi connectivity index (χ1) is 34.6. The van der Waals surface area contributed by atoms with Crippen molar-refractivity contribution in [2.75, 3.05) is 4.90 Å². The van der Waals surface area contributed by atoms with Crippen LogP contribution in [0.4, 0.5) is 11.4 Å². The minimum Gasteiger partial charge on any atom is -0.456 e. The summed E-state index contributed by atoms with van der Waals surface area (Å²) in [4.78, 5) is 2.32. The van der Waals surface area contributed by atoms with Gasteiger partial charge in [0.15, 0.2) is 8.07 Å². The van der Waals surface area contributed by atoms with Crippen LogP contribution in [0, 0.1) is 0 Å². The molecule has 0 saturated heterocycles. The Hall–Kier alpha value is -8.90. The summed E-state index contributed by atoms with van der Waals surface area (Å²) in [6, 6.07) is 87.0. The molecule has 11 aromatic carbocycles. The van der Waals surface area contributed by atoms with E-state index < -0.39 is 8.07 Å². The Morgan fingerprint density at radius 2 is 1.11 bits per heavy atom. The van der Waals surface area contributed by atoms with Gasteiger partial charge < -0.3 is 14.7 Å². The van der Waals surface area contributed by atoms with Gasteiger partial charge in [-0.15, -0.1) is 0 Å². The third kappa shape index (κ3) is 5.82. The molecule has 70 heavy (non-hydrogen) atoms. The monoisotopic (exact) mass is 911 g/mol. The molecule has 0 spiro atoms. The topological polar surface area (TPSA) is 47.3 Å². The molecule has 0 radical (unpaired) electrons. The zero-order chi connectivity index (χ0) is 46.5. The molecule has 5 heteroatoms. The summed E-state index contributed by atoms with van der Waals surface area (Å²) in [5, 5.41) is 16.9. The molecule has 0 bridgehead atoms. The van der Waals surface area contributed by atoms with Gasteiger partial charge in [-0.25, -0.2) is 0 Å². The van der Waals surface area contributed by atoms with Crippen molar-refractivity contribution in [1.29, 1.82) is 0 Å². The van der Waals surface area contributed by atoms with Gasteiger partial charge in [-0.05, 0) is 132 Å². The molecule has 4 nitrogen and oxygen atoms in total. The normalized spacial score (nSPS) is 14.0. The molecule has 0 aliphatic carbocycles. The molecule has 330 valence electrons. The number of furan rings is 1. The second-order valence-corrected chi connectivity index (χ2v) is 22.3. The number of hydrogen-bond donors (Lipinski definition) is 1. The van der Waals surface area contributed by atoms with Gasteiger partial charge in [0.2, 0.25) is 0 Å². The van der Waals surface area contributed by atoms with Crippen molar-refractivity contribution >= 4 is 117 Å². The summed E-state index contributed by atoms with van der Waals surface area (Å²) in [5.41, 5.74) is 17.3. The van der Waals surface area contributed by atoms with Crippen LogP contribution in [0.15, 0.2) is 241 Å². The highest BCUT2D eigenvalue weighted by atomic mass is 28.3. The van der Waals surface area contributed by atoms with Gasteiger partial charge in [-0.1, -0.05) is 176 Å². The standard InChI is InChI=1S/C65H45N3OSi/c1-2-42-17-9-10-22-51(42)65(66)68-58-26-14-16-28-62(58)70(49-18-5-3-6-19-49,50-20-7-4-8-21-50)63-41-45(31-35-59(63)68)43-30-34-57-55(40-43)52-23-11-13-25-56(52)67(57)48-33-29-44-39-54-46(37-47(44)38-48)32-36-61-64(54)53-24-12-15-27-60(53)69-61/h2-41H,66H2,1H3/b42-2-,65-51+. The second kappa shape index (κ2) is 15.6. The molecule has 2 N–H and O–H groups in total. The largest absolute Gasteiger partial charge is 0.456 e. The molecular formula is C65H45N3OSi. The van der Waals surface area contributed by atoms with Gasteiger partial charge in [-0.3, -0.25) is 4.90 Å². The highest BCUT2D eigenvalue weighted by Gasteiger charge is 2.49. The molecular weight excluding hydrogens is 867 g/mol. The Labute approximate surface area is 405 Å². The second-order valence-electron chi connectivity index (χ2n) is 18.6. The predicted octanol–water partition coefficient (Wildman–Crippen LogP) is 12.0. The van der Waals surface area contributed by atoms with Gasteiger partial charge in [0.05, 0.1) is 11.0 Å². The highest BCUT2D eigenvalue weighted by molar-refractivity contribution is 7.21. The maximum absolute atomic E-state index is 7.48. The van der Waals surface area contributed by atoms with Gasteiger partial charge in [0.25, 0.3) is 0 Å². The Morgan fingerprint density at radius 3 is 1.94 bits per heavy atom. The van der Waals surface area contributed by atoms with Gasteiger partial charge >= 0.3 is 0 Å². The van der Waals surface area contributed by atoms with Crippen molar-refractivity contribution in [3.8, 4) is 16.8 Å². The number of fused-ring (bicyclic) bond motifs is 11. The Bertz CT molecular complexity index is 4360. The molecule has 0 saturated carbocycles. The summed E-state index contributed by atoms with van der Waals surface area (Å²) in [6.07, 6.45) is 2.14. The first-order valence-electron chi connectivity index (χ1n) is 24.1. The molecule has 3 heterocycles. The summed E-state index contributed by atoms with van der Waals surface area (Å²) in [5.74, 6) is 0.707. The SMILES string of the molecule is C/C=c1/cccc/c1=C(/N)N1c2ccccc2[Si](c2ccccc2)(c2ccccc2)c2cc(-c3ccc4c(c3)c3ccccc3n4-c3ccc4cc5c(ccc6oc7ccccc7c65)cc4c3)ccc21. The van der Waals surface area contributed by atoms with Crippen molar-refractivity contribution < 1.29 is 4.42 Å². The van der Waals surface area contributed by atoms with E-state index in [2.05, 4.69) is 253 Å². The zero-order valence-corrected chi connectivity index (χ0v) is 39.5. The zero-order valence-electron chi connectivity index (χ0n) is 38.5. The Balaban J connectivity index is 0.976. The van der Waals surface area contributed by atoms with Crippen LogP contribution < -0.4 is 41.8 Å². The number of para-hydroxylation sites is 3. The number of nitrogens with zero attached hydrogens (tertiary/aromatic N) is 2. The lowest BCUT2D eigenvalue weighted by Gasteiger charge is -2.45. The van der Waals surface area contributed by atoms with E-state index in [-0.39, 0.29) is 0 Å². The number of aromatic nitrogens is 1. The molecule has 0 amide bonds. The van der Waals surface area contributed by atoms with E-state index in [4.69, 9.17) is 10.2 Å². The number of rotatable bonds is 5. The first kappa shape index (κ1) is 40.2. The lowest BCUT2D eigenvalue weighted by Crippen LogP contribution is -2.77. The van der Waals surface area contributed by atoms with E-state index in [9.17, 15) is 0 Å². The summed E-state index contributed by atoms with van der Waals surface area (Å²) in [6.45, 7) is 2.08. The maximum Gasteiger partial charge on any atom is 0.184 e. The van der Waals surface area contributed by atoms with Crippen LogP contribution in [0.5, 0.6) is 0 Å². The van der Waals surface area contributed by atoms with E-state index in [0.29, 0.717) is 5.82 Å². The van der Waals surface area contributed by atoms with Crippen LogP contribution in [-0.2, 0) is 0 Å². The third-order valence-electron chi connectivity index (χ3n) is 15.0. The van der Waals surface area contributed by atoms with E-state index in [1.807, 2.05) is 6.07 Å². The fraction of sp³-hybridized carbons (Fsp3) is 0.0154. The molecule has 0 fully saturated rings.